The van der Waals surface area contributed by atoms with E-state index >= 15 is 0 Å². The van der Waals surface area contributed by atoms with Gasteiger partial charge in [-0.25, -0.2) is 4.39 Å². The first kappa shape index (κ1) is 14.7. The van der Waals surface area contributed by atoms with Crippen molar-refractivity contribution in [3.63, 3.8) is 0 Å². The zero-order chi connectivity index (χ0) is 14.7. The second-order valence-corrected chi connectivity index (χ2v) is 5.20. The summed E-state index contributed by atoms with van der Waals surface area (Å²) in [4.78, 5) is 14.0. The first-order valence-corrected chi connectivity index (χ1v) is 6.75. The van der Waals surface area contributed by atoms with Crippen LogP contribution in [0.15, 0.2) is 18.2 Å². The second kappa shape index (κ2) is 6.19. The number of nitrogens with two attached hydrogens (primary N) is 1. The minimum Gasteiger partial charge on any atom is -0.399 e. The van der Waals surface area contributed by atoms with Crippen molar-refractivity contribution in [3.05, 3.63) is 24.0 Å². The predicted molar refractivity (Wildman–Crippen MR) is 75.7 cm³/mol. The number of anilines is 2. The number of halogens is 1. The number of nitrogen functional groups attached to an aromatic ring is 1. The molecular weight excluding hydrogens is 261 g/mol. The molecule has 4 N–H and O–H groups in total. The molecule has 110 valence electrons. The van der Waals surface area contributed by atoms with Gasteiger partial charge in [0.15, 0.2) is 0 Å². The standard InChI is InChI=1S/C14H20FN3O2/c1-9(18-6-2-3-11(19)8-18)14(20)17-13-7-10(16)4-5-12(13)15/h4-5,7,9,11,19H,2-3,6,8,16H2,1H3,(H,17,20). The fourth-order valence-corrected chi connectivity index (χ4v) is 2.38. The van der Waals surface area contributed by atoms with Gasteiger partial charge in [0.2, 0.25) is 5.91 Å². The van der Waals surface area contributed by atoms with E-state index < -0.39 is 18.0 Å². The summed E-state index contributed by atoms with van der Waals surface area (Å²) < 4.78 is 13.6. The average Bonchev–Trinajstić information content (AvgIpc) is 2.42. The van der Waals surface area contributed by atoms with E-state index in [2.05, 4.69) is 5.32 Å². The highest BCUT2D eigenvalue weighted by atomic mass is 19.1. The Morgan fingerprint density at radius 2 is 2.35 bits per heavy atom. The molecule has 2 rings (SSSR count). The summed E-state index contributed by atoms with van der Waals surface area (Å²) in [5.74, 6) is -0.818. The number of aliphatic hydroxyl groups excluding tert-OH is 1. The number of carbonyl (C=O) groups excluding carboxylic acids is 1. The molecule has 1 saturated heterocycles. The predicted octanol–water partition coefficient (Wildman–Crippen LogP) is 1.19. The molecule has 1 aromatic rings. The molecule has 20 heavy (non-hydrogen) atoms. The summed E-state index contributed by atoms with van der Waals surface area (Å²) in [5.41, 5.74) is 6.05. The van der Waals surface area contributed by atoms with Gasteiger partial charge in [0.05, 0.1) is 17.8 Å². The lowest BCUT2D eigenvalue weighted by Crippen LogP contribution is -2.48. The van der Waals surface area contributed by atoms with Gasteiger partial charge in [-0.3, -0.25) is 9.69 Å². The number of amides is 1. The van der Waals surface area contributed by atoms with Crippen molar-refractivity contribution in [1.29, 1.82) is 0 Å². The molecule has 1 aromatic carbocycles. The van der Waals surface area contributed by atoms with Gasteiger partial charge in [-0.2, -0.15) is 0 Å². The van der Waals surface area contributed by atoms with Crippen LogP contribution >= 0.6 is 0 Å². The number of nitrogens with zero attached hydrogens (tertiary/aromatic N) is 1. The van der Waals surface area contributed by atoms with Crippen molar-refractivity contribution in [3.8, 4) is 0 Å². The minimum atomic E-state index is -0.515. The number of aliphatic hydroxyl groups is 1. The molecular formula is C14H20FN3O2. The van der Waals surface area contributed by atoms with Crippen molar-refractivity contribution in [2.75, 3.05) is 24.1 Å². The van der Waals surface area contributed by atoms with Crippen LogP contribution in [0, 0.1) is 5.82 Å². The van der Waals surface area contributed by atoms with Crippen LogP contribution in [0.3, 0.4) is 0 Å². The number of hydrogen-bond donors (Lipinski definition) is 3. The molecule has 1 heterocycles. The number of carbonyl (C=O) groups is 1. The highest BCUT2D eigenvalue weighted by molar-refractivity contribution is 5.95. The number of rotatable bonds is 3. The van der Waals surface area contributed by atoms with Crippen LogP contribution in [-0.2, 0) is 4.79 Å². The number of piperidine rings is 1. The zero-order valence-electron chi connectivity index (χ0n) is 11.5. The van der Waals surface area contributed by atoms with Gasteiger partial charge in [-0.05, 0) is 44.5 Å². The van der Waals surface area contributed by atoms with Crippen LogP contribution < -0.4 is 11.1 Å². The van der Waals surface area contributed by atoms with E-state index in [0.29, 0.717) is 12.2 Å². The molecule has 0 bridgehead atoms. The lowest BCUT2D eigenvalue weighted by atomic mass is 10.1. The van der Waals surface area contributed by atoms with Crippen molar-refractivity contribution < 1.29 is 14.3 Å². The quantitative estimate of drug-likeness (QED) is 0.727. The van der Waals surface area contributed by atoms with Crippen LogP contribution in [0.1, 0.15) is 19.8 Å². The van der Waals surface area contributed by atoms with Crippen LogP contribution in [0.25, 0.3) is 0 Å². The third-order valence-electron chi connectivity index (χ3n) is 3.60. The Balaban J connectivity index is 2.02. The van der Waals surface area contributed by atoms with Crippen LogP contribution in [-0.4, -0.2) is 41.1 Å². The maximum absolute atomic E-state index is 13.6. The van der Waals surface area contributed by atoms with Gasteiger partial charge in [0.25, 0.3) is 0 Å². The lowest BCUT2D eigenvalue weighted by Gasteiger charge is -2.33. The Bertz CT molecular complexity index is 495. The second-order valence-electron chi connectivity index (χ2n) is 5.20. The molecule has 1 aliphatic heterocycles. The van der Waals surface area contributed by atoms with E-state index in [1.807, 2.05) is 4.90 Å². The number of β-amino-alcohol motifs (C(OH)–C–C–N with tert-alkyl or cyclic N) is 1. The molecule has 0 radical (unpaired) electrons. The van der Waals surface area contributed by atoms with Crippen molar-refractivity contribution in [2.24, 2.45) is 0 Å². The number of likely N-dealkylation sites (tertiary alicyclic amines) is 1. The summed E-state index contributed by atoms with van der Waals surface area (Å²) >= 11 is 0. The summed E-state index contributed by atoms with van der Waals surface area (Å²) in [6, 6.07) is 3.63. The SMILES string of the molecule is CC(C(=O)Nc1cc(N)ccc1F)N1CCCC(O)C1. The molecule has 1 aliphatic rings. The largest absolute Gasteiger partial charge is 0.399 e. The normalized spacial score (nSPS) is 21.4. The highest BCUT2D eigenvalue weighted by Crippen LogP contribution is 2.19. The topological polar surface area (TPSA) is 78.6 Å². The van der Waals surface area contributed by atoms with Gasteiger partial charge in [0.1, 0.15) is 5.82 Å². The smallest absolute Gasteiger partial charge is 0.241 e. The number of nitrogens with one attached hydrogen (secondary N) is 1. The van der Waals surface area contributed by atoms with Gasteiger partial charge in [0, 0.05) is 12.2 Å². The molecule has 0 aromatic heterocycles. The van der Waals surface area contributed by atoms with Gasteiger partial charge < -0.3 is 16.2 Å². The molecule has 0 aliphatic carbocycles. The zero-order valence-corrected chi connectivity index (χ0v) is 11.5. The highest BCUT2D eigenvalue weighted by Gasteiger charge is 2.26. The fourth-order valence-electron chi connectivity index (χ4n) is 2.38. The third-order valence-corrected chi connectivity index (χ3v) is 3.60. The molecule has 1 fully saturated rings. The fraction of sp³-hybridized carbons (Fsp3) is 0.500. The van der Waals surface area contributed by atoms with E-state index in [-0.39, 0.29) is 11.6 Å². The Hall–Kier alpha value is -1.66. The Labute approximate surface area is 117 Å². The van der Waals surface area contributed by atoms with Crippen LogP contribution in [0.5, 0.6) is 0 Å². The summed E-state index contributed by atoms with van der Waals surface area (Å²) in [6.07, 6.45) is 1.21. The van der Waals surface area contributed by atoms with E-state index in [4.69, 9.17) is 5.73 Å². The average molecular weight is 281 g/mol. The lowest BCUT2D eigenvalue weighted by molar-refractivity contribution is -0.121. The minimum absolute atomic E-state index is 0.0828. The maximum atomic E-state index is 13.6. The Morgan fingerprint density at radius 3 is 3.05 bits per heavy atom. The maximum Gasteiger partial charge on any atom is 0.241 e. The molecule has 0 saturated carbocycles. The van der Waals surface area contributed by atoms with E-state index in [9.17, 15) is 14.3 Å². The molecule has 2 unspecified atom stereocenters. The third kappa shape index (κ3) is 3.46. The van der Waals surface area contributed by atoms with Crippen LogP contribution in [0.2, 0.25) is 0 Å². The first-order chi connectivity index (χ1) is 9.47. The van der Waals surface area contributed by atoms with Gasteiger partial charge >= 0.3 is 0 Å². The molecule has 6 heteroatoms. The molecule has 1 amide bonds. The number of benzene rings is 1. The Morgan fingerprint density at radius 1 is 1.60 bits per heavy atom. The van der Waals surface area contributed by atoms with Gasteiger partial charge in [-0.1, -0.05) is 0 Å². The monoisotopic (exact) mass is 281 g/mol. The van der Waals surface area contributed by atoms with Crippen molar-refractivity contribution in [2.45, 2.75) is 31.9 Å². The van der Waals surface area contributed by atoms with Crippen LogP contribution in [0.4, 0.5) is 15.8 Å². The summed E-state index contributed by atoms with van der Waals surface area (Å²) in [7, 11) is 0. The first-order valence-electron chi connectivity index (χ1n) is 6.75. The number of hydrogen-bond acceptors (Lipinski definition) is 4. The Kier molecular flexibility index (Phi) is 4.57. The molecule has 0 spiro atoms. The summed E-state index contributed by atoms with van der Waals surface area (Å²) in [6.45, 7) is 2.97. The summed E-state index contributed by atoms with van der Waals surface area (Å²) in [5, 5.41) is 12.2. The van der Waals surface area contributed by atoms with Crippen molar-refractivity contribution >= 4 is 17.3 Å². The van der Waals surface area contributed by atoms with E-state index in [1.165, 1.54) is 18.2 Å². The molecule has 2 atom stereocenters. The van der Waals surface area contributed by atoms with E-state index in [0.717, 1.165) is 19.4 Å². The molecule has 5 nitrogen and oxygen atoms in total. The van der Waals surface area contributed by atoms with Gasteiger partial charge in [-0.15, -0.1) is 0 Å². The van der Waals surface area contributed by atoms with Crippen molar-refractivity contribution in [1.82, 2.24) is 4.90 Å². The van der Waals surface area contributed by atoms with E-state index in [1.54, 1.807) is 6.92 Å².